The summed E-state index contributed by atoms with van der Waals surface area (Å²) in [6.07, 6.45) is 16.7. The fraction of sp³-hybridized carbons (Fsp3) is 0.950. The fourth-order valence-electron chi connectivity index (χ4n) is 2.70. The van der Waals surface area contributed by atoms with Crippen LogP contribution in [0.5, 0.6) is 0 Å². The lowest BCUT2D eigenvalue weighted by Crippen LogP contribution is -2.38. The van der Waals surface area contributed by atoms with Crippen molar-refractivity contribution in [1.82, 2.24) is 0 Å². The van der Waals surface area contributed by atoms with Crippen LogP contribution < -0.4 is 5.73 Å². The molecule has 0 aliphatic carbocycles. The summed E-state index contributed by atoms with van der Waals surface area (Å²) in [5, 5.41) is 0. The SMILES string of the molecule is CCCCCCCCCCCCCCOC(=O)[C@H](N)[C@@H](C)CC. The van der Waals surface area contributed by atoms with Gasteiger partial charge in [-0.05, 0) is 12.3 Å². The van der Waals surface area contributed by atoms with E-state index in [1.165, 1.54) is 64.2 Å². The van der Waals surface area contributed by atoms with Crippen LogP contribution in [0.1, 0.15) is 104 Å². The molecule has 3 nitrogen and oxygen atoms in total. The molecule has 0 heterocycles. The molecule has 2 N–H and O–H groups in total. The first-order valence-electron chi connectivity index (χ1n) is 10.1. The second-order valence-electron chi connectivity index (χ2n) is 6.97. The molecular weight excluding hydrogens is 286 g/mol. The quantitative estimate of drug-likeness (QED) is 0.296. The highest BCUT2D eigenvalue weighted by atomic mass is 16.5. The van der Waals surface area contributed by atoms with Gasteiger partial charge >= 0.3 is 5.97 Å². The van der Waals surface area contributed by atoms with Crippen LogP contribution >= 0.6 is 0 Å². The van der Waals surface area contributed by atoms with Crippen molar-refractivity contribution < 1.29 is 9.53 Å². The molecule has 0 aliphatic heterocycles. The summed E-state index contributed by atoms with van der Waals surface area (Å²) in [5.41, 5.74) is 5.84. The van der Waals surface area contributed by atoms with Crippen molar-refractivity contribution in [3.05, 3.63) is 0 Å². The molecule has 138 valence electrons. The van der Waals surface area contributed by atoms with Gasteiger partial charge < -0.3 is 10.5 Å². The molecule has 0 saturated carbocycles. The summed E-state index contributed by atoms with van der Waals surface area (Å²) < 4.78 is 5.25. The minimum absolute atomic E-state index is 0.199. The van der Waals surface area contributed by atoms with E-state index in [1.807, 2.05) is 13.8 Å². The normalized spacial score (nSPS) is 13.7. The van der Waals surface area contributed by atoms with Gasteiger partial charge in [0.2, 0.25) is 0 Å². The first-order chi connectivity index (χ1) is 11.1. The Balaban J connectivity index is 3.26. The molecule has 0 saturated heterocycles. The van der Waals surface area contributed by atoms with Crippen LogP contribution in [0.25, 0.3) is 0 Å². The third-order valence-corrected chi connectivity index (χ3v) is 4.77. The Hall–Kier alpha value is -0.570. The van der Waals surface area contributed by atoms with Crippen molar-refractivity contribution in [2.45, 2.75) is 110 Å². The van der Waals surface area contributed by atoms with Gasteiger partial charge in [0, 0.05) is 0 Å². The topological polar surface area (TPSA) is 52.3 Å². The maximum Gasteiger partial charge on any atom is 0.323 e. The highest BCUT2D eigenvalue weighted by molar-refractivity contribution is 5.75. The van der Waals surface area contributed by atoms with Crippen LogP contribution in [-0.4, -0.2) is 18.6 Å². The van der Waals surface area contributed by atoms with E-state index in [4.69, 9.17) is 10.5 Å². The molecule has 0 rings (SSSR count). The zero-order chi connectivity index (χ0) is 17.3. The number of unbranched alkanes of at least 4 members (excludes halogenated alkanes) is 11. The van der Waals surface area contributed by atoms with Crippen LogP contribution in [0.3, 0.4) is 0 Å². The molecule has 0 bridgehead atoms. The minimum Gasteiger partial charge on any atom is -0.465 e. The first-order valence-corrected chi connectivity index (χ1v) is 10.1. The maximum atomic E-state index is 11.7. The van der Waals surface area contributed by atoms with E-state index >= 15 is 0 Å². The summed E-state index contributed by atoms with van der Waals surface area (Å²) in [6, 6.07) is -0.461. The monoisotopic (exact) mass is 327 g/mol. The van der Waals surface area contributed by atoms with Crippen LogP contribution in [-0.2, 0) is 9.53 Å². The second kappa shape index (κ2) is 16.3. The van der Waals surface area contributed by atoms with Crippen molar-refractivity contribution in [1.29, 1.82) is 0 Å². The van der Waals surface area contributed by atoms with Crippen LogP contribution in [0, 0.1) is 5.92 Å². The third-order valence-electron chi connectivity index (χ3n) is 4.77. The molecule has 3 heteroatoms. The average molecular weight is 328 g/mol. The van der Waals surface area contributed by atoms with Gasteiger partial charge in [0.05, 0.1) is 6.61 Å². The Morgan fingerprint density at radius 2 is 1.26 bits per heavy atom. The van der Waals surface area contributed by atoms with Gasteiger partial charge in [-0.1, -0.05) is 97.8 Å². The number of nitrogens with two attached hydrogens (primary N) is 1. The number of esters is 1. The molecule has 0 unspecified atom stereocenters. The Bertz CT molecular complexity index is 268. The molecule has 0 aromatic carbocycles. The van der Waals surface area contributed by atoms with Crippen molar-refractivity contribution in [2.75, 3.05) is 6.61 Å². The van der Waals surface area contributed by atoms with Crippen molar-refractivity contribution in [3.8, 4) is 0 Å². The fourth-order valence-corrected chi connectivity index (χ4v) is 2.70. The van der Waals surface area contributed by atoms with Gasteiger partial charge in [-0.2, -0.15) is 0 Å². The minimum atomic E-state index is -0.461. The van der Waals surface area contributed by atoms with E-state index < -0.39 is 6.04 Å². The molecule has 0 fully saturated rings. The van der Waals surface area contributed by atoms with Gasteiger partial charge in [-0.15, -0.1) is 0 Å². The van der Waals surface area contributed by atoms with Crippen LogP contribution in [0.15, 0.2) is 0 Å². The maximum absolute atomic E-state index is 11.7. The lowest BCUT2D eigenvalue weighted by molar-refractivity contribution is -0.146. The van der Waals surface area contributed by atoms with Crippen molar-refractivity contribution in [2.24, 2.45) is 11.7 Å². The summed E-state index contributed by atoms with van der Waals surface area (Å²) >= 11 is 0. The summed E-state index contributed by atoms with van der Waals surface area (Å²) in [5.74, 6) is -0.0353. The molecule has 23 heavy (non-hydrogen) atoms. The number of carbonyl (C=O) groups excluding carboxylic acids is 1. The number of rotatable bonds is 16. The Labute approximate surface area is 144 Å². The van der Waals surface area contributed by atoms with Gasteiger partial charge in [0.25, 0.3) is 0 Å². The standard InChI is InChI=1S/C20H41NO2/c1-4-6-7-8-9-10-11-12-13-14-15-16-17-23-20(22)19(21)18(3)5-2/h18-19H,4-17,21H2,1-3H3/t18-,19+/m0/s1. The van der Waals surface area contributed by atoms with Crippen LogP contribution in [0.2, 0.25) is 0 Å². The Kier molecular flexibility index (Phi) is 15.9. The van der Waals surface area contributed by atoms with Crippen molar-refractivity contribution >= 4 is 5.97 Å². The highest BCUT2D eigenvalue weighted by Crippen LogP contribution is 2.12. The third kappa shape index (κ3) is 13.6. The summed E-state index contributed by atoms with van der Waals surface area (Å²) in [6.45, 7) is 6.83. The van der Waals surface area contributed by atoms with E-state index in [9.17, 15) is 4.79 Å². The average Bonchev–Trinajstić information content (AvgIpc) is 2.57. The van der Waals surface area contributed by atoms with Crippen LogP contribution in [0.4, 0.5) is 0 Å². The van der Waals surface area contributed by atoms with Gasteiger partial charge in [-0.3, -0.25) is 4.79 Å². The first kappa shape index (κ1) is 22.4. The lowest BCUT2D eigenvalue weighted by Gasteiger charge is -2.16. The molecule has 2 atom stereocenters. The van der Waals surface area contributed by atoms with Gasteiger partial charge in [0.15, 0.2) is 0 Å². The predicted octanol–water partition coefficient (Wildman–Crippen LogP) is 5.60. The molecule has 0 amide bonds. The number of hydrogen-bond acceptors (Lipinski definition) is 3. The zero-order valence-corrected chi connectivity index (χ0v) is 15.9. The summed E-state index contributed by atoms with van der Waals surface area (Å²) in [4.78, 5) is 11.7. The van der Waals surface area contributed by atoms with E-state index in [1.54, 1.807) is 0 Å². The number of ether oxygens (including phenoxy) is 1. The molecule has 0 spiro atoms. The van der Waals surface area contributed by atoms with E-state index in [0.29, 0.717) is 6.61 Å². The highest BCUT2D eigenvalue weighted by Gasteiger charge is 2.20. The van der Waals surface area contributed by atoms with E-state index in [-0.39, 0.29) is 11.9 Å². The molecule has 0 radical (unpaired) electrons. The Morgan fingerprint density at radius 3 is 1.70 bits per heavy atom. The van der Waals surface area contributed by atoms with E-state index in [2.05, 4.69) is 6.92 Å². The Morgan fingerprint density at radius 1 is 0.826 bits per heavy atom. The molecule has 0 aromatic rings. The number of hydrogen-bond donors (Lipinski definition) is 1. The molecule has 0 aromatic heterocycles. The zero-order valence-electron chi connectivity index (χ0n) is 15.9. The largest absolute Gasteiger partial charge is 0.465 e. The summed E-state index contributed by atoms with van der Waals surface area (Å²) in [7, 11) is 0. The van der Waals surface area contributed by atoms with Gasteiger partial charge in [0.1, 0.15) is 6.04 Å². The van der Waals surface area contributed by atoms with Gasteiger partial charge in [-0.25, -0.2) is 0 Å². The molecular formula is C20H41NO2. The predicted molar refractivity (Wildman–Crippen MR) is 99.5 cm³/mol. The number of carbonyl (C=O) groups is 1. The second-order valence-corrected chi connectivity index (χ2v) is 6.97. The van der Waals surface area contributed by atoms with E-state index in [0.717, 1.165) is 19.3 Å². The lowest BCUT2D eigenvalue weighted by atomic mass is 10.0. The molecule has 0 aliphatic rings. The van der Waals surface area contributed by atoms with Crippen molar-refractivity contribution in [3.63, 3.8) is 0 Å². The smallest absolute Gasteiger partial charge is 0.323 e.